The van der Waals surface area contributed by atoms with Gasteiger partial charge in [-0.15, -0.1) is 0 Å². The van der Waals surface area contributed by atoms with E-state index in [-0.39, 0.29) is 11.5 Å². The molecule has 0 aliphatic carbocycles. The van der Waals surface area contributed by atoms with E-state index in [0.29, 0.717) is 0 Å². The summed E-state index contributed by atoms with van der Waals surface area (Å²) in [4.78, 5) is 0. The van der Waals surface area contributed by atoms with E-state index in [1.54, 1.807) is 6.92 Å². The van der Waals surface area contributed by atoms with Gasteiger partial charge in [0, 0.05) is 12.3 Å². The van der Waals surface area contributed by atoms with Crippen molar-refractivity contribution in [1.82, 2.24) is 5.32 Å². The van der Waals surface area contributed by atoms with Crippen LogP contribution in [0.2, 0.25) is 0 Å². The predicted octanol–water partition coefficient (Wildman–Crippen LogP) is 3.46. The van der Waals surface area contributed by atoms with E-state index in [1.165, 1.54) is 11.8 Å². The highest BCUT2D eigenvalue weighted by Crippen LogP contribution is 2.29. The topological polar surface area (TPSA) is 46.2 Å². The molecule has 1 aromatic carbocycles. The molecule has 1 aromatic rings. The highest BCUT2D eigenvalue weighted by molar-refractivity contribution is 7.91. The Hall–Kier alpha value is -0.870. The molecule has 0 spiro atoms. The molecular formula is C17H29NO2S. The quantitative estimate of drug-likeness (QED) is 0.839. The number of hydrogen-bond acceptors (Lipinski definition) is 3. The summed E-state index contributed by atoms with van der Waals surface area (Å²) in [6.45, 7) is 11.1. The summed E-state index contributed by atoms with van der Waals surface area (Å²) in [6.07, 6.45) is 2.37. The highest BCUT2D eigenvalue weighted by Gasteiger charge is 2.27. The van der Waals surface area contributed by atoms with Gasteiger partial charge in [-0.1, -0.05) is 52.0 Å². The number of nitrogens with one attached hydrogen (secondary N) is 1. The van der Waals surface area contributed by atoms with Crippen LogP contribution in [0.4, 0.5) is 0 Å². The van der Waals surface area contributed by atoms with Gasteiger partial charge in [-0.2, -0.15) is 0 Å². The van der Waals surface area contributed by atoms with E-state index in [2.05, 4.69) is 50.4 Å². The van der Waals surface area contributed by atoms with Gasteiger partial charge in [0.15, 0.2) is 9.84 Å². The summed E-state index contributed by atoms with van der Waals surface area (Å²) in [7, 11) is -3.08. The largest absolute Gasteiger partial charge is 0.309 e. The average molecular weight is 311 g/mol. The smallest absolute Gasteiger partial charge is 0.151 e. The number of hydrogen-bond donors (Lipinski definition) is 1. The fraction of sp³-hybridized carbons (Fsp3) is 0.647. The Labute approximate surface area is 130 Å². The van der Waals surface area contributed by atoms with Crippen LogP contribution in [0.15, 0.2) is 24.3 Å². The van der Waals surface area contributed by atoms with E-state index < -0.39 is 15.1 Å². The summed E-state index contributed by atoms with van der Waals surface area (Å²) in [6, 6.07) is 8.20. The third kappa shape index (κ3) is 4.55. The first-order valence-corrected chi connectivity index (χ1v) is 9.61. The Morgan fingerprint density at radius 1 is 1.14 bits per heavy atom. The molecule has 3 nitrogen and oxygen atoms in total. The van der Waals surface area contributed by atoms with Crippen molar-refractivity contribution >= 4 is 9.84 Å². The number of rotatable bonds is 7. The zero-order valence-electron chi connectivity index (χ0n) is 14.1. The zero-order valence-corrected chi connectivity index (χ0v) is 14.9. The lowest BCUT2D eigenvalue weighted by molar-refractivity contribution is 0.501. The van der Waals surface area contributed by atoms with Crippen molar-refractivity contribution in [2.45, 2.75) is 57.7 Å². The monoisotopic (exact) mass is 311 g/mol. The van der Waals surface area contributed by atoms with E-state index in [9.17, 15) is 8.42 Å². The highest BCUT2D eigenvalue weighted by atomic mass is 32.2. The molecule has 0 fully saturated rings. The molecule has 0 bridgehead atoms. The Morgan fingerprint density at radius 3 is 2.05 bits per heavy atom. The standard InChI is InChI=1S/C17H29NO2S/c1-7-17(4,5)15-11-9-14(10-12-15)16(18-8-2)13(3)21(6,19)20/h9-13,16,18H,7-8H2,1-6H3. The number of benzene rings is 1. The van der Waals surface area contributed by atoms with Crippen LogP contribution in [0.5, 0.6) is 0 Å². The van der Waals surface area contributed by atoms with Crippen LogP contribution in [0.3, 0.4) is 0 Å². The summed E-state index contributed by atoms with van der Waals surface area (Å²) in [5.74, 6) is 0. The zero-order chi connectivity index (χ0) is 16.3. The third-order valence-electron chi connectivity index (χ3n) is 4.50. The number of sulfone groups is 1. The van der Waals surface area contributed by atoms with Gasteiger partial charge >= 0.3 is 0 Å². The SMILES string of the molecule is CCNC(c1ccc(C(C)(C)CC)cc1)C(C)S(C)(=O)=O. The van der Waals surface area contributed by atoms with E-state index in [0.717, 1.165) is 18.5 Å². The van der Waals surface area contributed by atoms with Crippen LogP contribution >= 0.6 is 0 Å². The molecule has 2 atom stereocenters. The van der Waals surface area contributed by atoms with E-state index in [4.69, 9.17) is 0 Å². The summed E-state index contributed by atoms with van der Waals surface area (Å²) >= 11 is 0. The van der Waals surface area contributed by atoms with Gasteiger partial charge in [-0.3, -0.25) is 0 Å². The van der Waals surface area contributed by atoms with Crippen molar-refractivity contribution in [1.29, 1.82) is 0 Å². The van der Waals surface area contributed by atoms with Gasteiger partial charge in [0.1, 0.15) is 0 Å². The average Bonchev–Trinajstić information content (AvgIpc) is 2.43. The van der Waals surface area contributed by atoms with Crippen molar-refractivity contribution < 1.29 is 8.42 Å². The summed E-state index contributed by atoms with van der Waals surface area (Å²) in [5, 5.41) is 2.86. The maximum absolute atomic E-state index is 11.9. The molecule has 0 saturated heterocycles. The van der Waals surface area contributed by atoms with Gasteiger partial charge < -0.3 is 5.32 Å². The Morgan fingerprint density at radius 2 is 1.67 bits per heavy atom. The second kappa shape index (κ2) is 6.93. The first kappa shape index (κ1) is 18.2. The summed E-state index contributed by atoms with van der Waals surface area (Å²) in [5.41, 5.74) is 2.47. The lowest BCUT2D eigenvalue weighted by atomic mass is 9.81. The molecule has 0 saturated carbocycles. The molecule has 120 valence electrons. The predicted molar refractivity (Wildman–Crippen MR) is 90.5 cm³/mol. The molecule has 0 aliphatic rings. The van der Waals surface area contributed by atoms with Gasteiger partial charge in [0.25, 0.3) is 0 Å². The Kier molecular flexibility index (Phi) is 6.00. The van der Waals surface area contributed by atoms with Crippen molar-refractivity contribution in [3.63, 3.8) is 0 Å². The molecule has 0 amide bonds. The van der Waals surface area contributed by atoms with Crippen LogP contribution in [0, 0.1) is 0 Å². The molecule has 2 unspecified atom stereocenters. The summed E-state index contributed by atoms with van der Waals surface area (Å²) < 4.78 is 23.7. The van der Waals surface area contributed by atoms with Crippen molar-refractivity contribution in [2.24, 2.45) is 0 Å². The van der Waals surface area contributed by atoms with Crippen LogP contribution in [-0.2, 0) is 15.3 Å². The van der Waals surface area contributed by atoms with Crippen molar-refractivity contribution in [3.8, 4) is 0 Å². The van der Waals surface area contributed by atoms with Crippen LogP contribution in [0.1, 0.15) is 58.2 Å². The van der Waals surface area contributed by atoms with Gasteiger partial charge in [-0.05, 0) is 36.4 Å². The first-order valence-electron chi connectivity index (χ1n) is 7.66. The third-order valence-corrected chi connectivity index (χ3v) is 6.13. The molecule has 0 aliphatic heterocycles. The van der Waals surface area contributed by atoms with E-state index in [1.807, 2.05) is 6.92 Å². The lowest BCUT2D eigenvalue weighted by Gasteiger charge is -2.27. The fourth-order valence-corrected chi connectivity index (χ4v) is 3.12. The van der Waals surface area contributed by atoms with Crippen LogP contribution in [0.25, 0.3) is 0 Å². The molecule has 1 rings (SSSR count). The second-order valence-electron chi connectivity index (χ2n) is 6.43. The minimum Gasteiger partial charge on any atom is -0.309 e. The van der Waals surface area contributed by atoms with Crippen molar-refractivity contribution in [3.05, 3.63) is 35.4 Å². The van der Waals surface area contributed by atoms with Gasteiger partial charge in [-0.25, -0.2) is 8.42 Å². The van der Waals surface area contributed by atoms with E-state index >= 15 is 0 Å². The van der Waals surface area contributed by atoms with Crippen LogP contribution in [-0.4, -0.2) is 26.5 Å². The Balaban J connectivity index is 3.11. The van der Waals surface area contributed by atoms with Gasteiger partial charge in [0.2, 0.25) is 0 Å². The minimum atomic E-state index is -3.08. The maximum atomic E-state index is 11.9. The minimum absolute atomic E-state index is 0.147. The molecular weight excluding hydrogens is 282 g/mol. The molecule has 0 radical (unpaired) electrons. The molecule has 21 heavy (non-hydrogen) atoms. The fourth-order valence-electron chi connectivity index (χ4n) is 2.37. The molecule has 4 heteroatoms. The van der Waals surface area contributed by atoms with Crippen LogP contribution < -0.4 is 5.32 Å². The lowest BCUT2D eigenvalue weighted by Crippen LogP contribution is -2.35. The maximum Gasteiger partial charge on any atom is 0.151 e. The molecule has 1 N–H and O–H groups in total. The Bertz CT molecular complexity index is 547. The second-order valence-corrected chi connectivity index (χ2v) is 8.83. The normalized spacial score (nSPS) is 15.7. The van der Waals surface area contributed by atoms with Crippen molar-refractivity contribution in [2.75, 3.05) is 12.8 Å². The molecule has 0 aromatic heterocycles. The molecule has 0 heterocycles. The van der Waals surface area contributed by atoms with Gasteiger partial charge in [0.05, 0.1) is 5.25 Å². The first-order chi connectivity index (χ1) is 9.63.